The van der Waals surface area contributed by atoms with Crippen LogP contribution in [-0.4, -0.2) is 17.9 Å². The molecule has 0 fully saturated rings. The van der Waals surface area contributed by atoms with Gasteiger partial charge in [0, 0.05) is 24.8 Å². The number of nitrogen functional groups attached to an aromatic ring is 1. The summed E-state index contributed by atoms with van der Waals surface area (Å²) in [5.74, 6) is 0.702. The summed E-state index contributed by atoms with van der Waals surface area (Å²) in [5, 5.41) is 0. The zero-order chi connectivity index (χ0) is 14.7. The van der Waals surface area contributed by atoms with Gasteiger partial charge in [0.1, 0.15) is 5.76 Å². The normalized spacial score (nSPS) is 12.2. The van der Waals surface area contributed by atoms with E-state index >= 15 is 0 Å². The number of likely N-dealkylation sites (N-methyl/N-ethyl adjacent to an activating group) is 1. The molecule has 1 atom stereocenters. The molecule has 1 aromatic carbocycles. The molecule has 0 spiro atoms. The van der Waals surface area contributed by atoms with E-state index in [0.717, 1.165) is 16.9 Å². The van der Waals surface area contributed by atoms with Crippen LogP contribution in [0.25, 0.3) is 0 Å². The Bertz CT molecular complexity index is 604. The van der Waals surface area contributed by atoms with E-state index in [1.165, 1.54) is 0 Å². The van der Waals surface area contributed by atoms with E-state index in [-0.39, 0.29) is 11.8 Å². The van der Waals surface area contributed by atoms with Crippen LogP contribution in [0, 0.1) is 6.92 Å². The van der Waals surface area contributed by atoms with Crippen LogP contribution in [0.15, 0.2) is 41.0 Å². The van der Waals surface area contributed by atoms with Crippen LogP contribution in [0.3, 0.4) is 0 Å². The highest BCUT2D eigenvalue weighted by Crippen LogP contribution is 2.21. The summed E-state index contributed by atoms with van der Waals surface area (Å²) >= 11 is 0. The van der Waals surface area contributed by atoms with Crippen molar-refractivity contribution in [2.75, 3.05) is 12.8 Å². The second kappa shape index (κ2) is 5.82. The van der Waals surface area contributed by atoms with Gasteiger partial charge < -0.3 is 15.1 Å². The summed E-state index contributed by atoms with van der Waals surface area (Å²) < 4.78 is 5.25. The van der Waals surface area contributed by atoms with Crippen LogP contribution in [0.4, 0.5) is 5.69 Å². The fraction of sp³-hybridized carbons (Fsp3) is 0.312. The first-order valence-electron chi connectivity index (χ1n) is 6.62. The van der Waals surface area contributed by atoms with Crippen LogP contribution in [0.1, 0.15) is 29.7 Å². The Morgan fingerprint density at radius 2 is 2.15 bits per heavy atom. The lowest BCUT2D eigenvalue weighted by Crippen LogP contribution is -2.30. The third kappa shape index (κ3) is 3.02. The molecule has 0 aliphatic carbocycles. The predicted octanol–water partition coefficient (Wildman–Crippen LogP) is 2.93. The smallest absolute Gasteiger partial charge is 0.229 e. The first-order chi connectivity index (χ1) is 9.49. The summed E-state index contributed by atoms with van der Waals surface area (Å²) in [5.41, 5.74) is 8.41. The highest BCUT2D eigenvalue weighted by atomic mass is 16.3. The average molecular weight is 272 g/mol. The van der Waals surface area contributed by atoms with E-state index in [1.807, 2.05) is 44.2 Å². The summed E-state index contributed by atoms with van der Waals surface area (Å²) in [6.07, 6.45) is 1.64. The van der Waals surface area contributed by atoms with E-state index in [0.29, 0.717) is 12.2 Å². The number of anilines is 1. The first kappa shape index (κ1) is 14.2. The van der Waals surface area contributed by atoms with Gasteiger partial charge in [0.2, 0.25) is 5.91 Å². The van der Waals surface area contributed by atoms with E-state index in [9.17, 15) is 4.79 Å². The monoisotopic (exact) mass is 272 g/mol. The molecule has 0 aliphatic rings. The van der Waals surface area contributed by atoms with Gasteiger partial charge in [-0.15, -0.1) is 0 Å². The Labute approximate surface area is 119 Å². The predicted molar refractivity (Wildman–Crippen MR) is 79.2 cm³/mol. The van der Waals surface area contributed by atoms with Crippen molar-refractivity contribution in [3.05, 3.63) is 53.5 Å². The summed E-state index contributed by atoms with van der Waals surface area (Å²) in [6.45, 7) is 4.35. The van der Waals surface area contributed by atoms with Crippen LogP contribution in [-0.2, 0) is 11.3 Å². The SMILES string of the molecule is Cc1occc1CN(C)C(=O)C(C)c1cccc(N)c1. The minimum atomic E-state index is -0.212. The van der Waals surface area contributed by atoms with Crippen molar-refractivity contribution in [2.45, 2.75) is 26.3 Å². The summed E-state index contributed by atoms with van der Waals surface area (Å²) in [4.78, 5) is 14.2. The molecule has 1 unspecified atom stereocenters. The van der Waals surface area contributed by atoms with Crippen molar-refractivity contribution in [3.63, 3.8) is 0 Å². The van der Waals surface area contributed by atoms with Gasteiger partial charge in [-0.25, -0.2) is 0 Å². The zero-order valence-electron chi connectivity index (χ0n) is 12.1. The number of carbonyl (C=O) groups is 1. The second-order valence-electron chi connectivity index (χ2n) is 5.09. The lowest BCUT2D eigenvalue weighted by Gasteiger charge is -2.21. The largest absolute Gasteiger partial charge is 0.469 e. The summed E-state index contributed by atoms with van der Waals surface area (Å²) in [7, 11) is 1.80. The van der Waals surface area contributed by atoms with Crippen LogP contribution < -0.4 is 5.73 Å². The van der Waals surface area contributed by atoms with Gasteiger partial charge in [-0.2, -0.15) is 0 Å². The maximum Gasteiger partial charge on any atom is 0.229 e. The molecular weight excluding hydrogens is 252 g/mol. The van der Waals surface area contributed by atoms with Gasteiger partial charge >= 0.3 is 0 Å². The second-order valence-corrected chi connectivity index (χ2v) is 5.09. The number of furan rings is 1. The minimum absolute atomic E-state index is 0.0659. The van der Waals surface area contributed by atoms with Gasteiger partial charge in [-0.3, -0.25) is 4.79 Å². The number of rotatable bonds is 4. The van der Waals surface area contributed by atoms with Gasteiger partial charge in [0.05, 0.1) is 12.2 Å². The Balaban J connectivity index is 2.08. The number of aryl methyl sites for hydroxylation is 1. The lowest BCUT2D eigenvalue weighted by atomic mass is 9.99. The topological polar surface area (TPSA) is 59.5 Å². The highest BCUT2D eigenvalue weighted by Gasteiger charge is 2.20. The van der Waals surface area contributed by atoms with Crippen LogP contribution >= 0.6 is 0 Å². The Hall–Kier alpha value is -2.23. The number of nitrogens with two attached hydrogens (primary N) is 1. The van der Waals surface area contributed by atoms with Crippen LogP contribution in [0.5, 0.6) is 0 Å². The van der Waals surface area contributed by atoms with Gasteiger partial charge in [0.15, 0.2) is 0 Å². The van der Waals surface area contributed by atoms with E-state index in [4.69, 9.17) is 10.2 Å². The van der Waals surface area contributed by atoms with Crippen molar-refractivity contribution >= 4 is 11.6 Å². The van der Waals surface area contributed by atoms with Gasteiger partial charge in [0.25, 0.3) is 0 Å². The number of benzene rings is 1. The molecular formula is C16H20N2O2. The molecule has 4 nitrogen and oxygen atoms in total. The molecule has 2 rings (SSSR count). The summed E-state index contributed by atoms with van der Waals surface area (Å²) in [6, 6.07) is 9.35. The third-order valence-corrected chi connectivity index (χ3v) is 3.53. The molecule has 20 heavy (non-hydrogen) atoms. The van der Waals surface area contributed by atoms with E-state index in [1.54, 1.807) is 18.2 Å². The fourth-order valence-electron chi connectivity index (χ4n) is 2.21. The first-order valence-corrected chi connectivity index (χ1v) is 6.62. The minimum Gasteiger partial charge on any atom is -0.469 e. The fourth-order valence-corrected chi connectivity index (χ4v) is 2.21. The molecule has 0 bridgehead atoms. The molecule has 0 saturated heterocycles. The number of carbonyl (C=O) groups excluding carboxylic acids is 1. The zero-order valence-corrected chi connectivity index (χ0v) is 12.1. The quantitative estimate of drug-likeness (QED) is 0.870. The van der Waals surface area contributed by atoms with Crippen molar-refractivity contribution < 1.29 is 9.21 Å². The number of hydrogen-bond acceptors (Lipinski definition) is 3. The average Bonchev–Trinajstić information content (AvgIpc) is 2.82. The van der Waals surface area contributed by atoms with Crippen molar-refractivity contribution in [2.24, 2.45) is 0 Å². The molecule has 0 saturated carbocycles. The van der Waals surface area contributed by atoms with Gasteiger partial charge in [-0.05, 0) is 37.6 Å². The Morgan fingerprint density at radius 3 is 2.75 bits per heavy atom. The van der Waals surface area contributed by atoms with E-state index in [2.05, 4.69) is 0 Å². The Morgan fingerprint density at radius 1 is 1.40 bits per heavy atom. The van der Waals surface area contributed by atoms with Gasteiger partial charge in [-0.1, -0.05) is 12.1 Å². The maximum atomic E-state index is 12.4. The lowest BCUT2D eigenvalue weighted by molar-refractivity contribution is -0.131. The molecule has 0 aliphatic heterocycles. The molecule has 0 radical (unpaired) electrons. The molecule has 1 aromatic heterocycles. The van der Waals surface area contributed by atoms with Crippen molar-refractivity contribution in [1.29, 1.82) is 0 Å². The van der Waals surface area contributed by atoms with Crippen LogP contribution in [0.2, 0.25) is 0 Å². The highest BCUT2D eigenvalue weighted by molar-refractivity contribution is 5.83. The molecule has 2 aromatic rings. The molecule has 2 N–H and O–H groups in total. The third-order valence-electron chi connectivity index (χ3n) is 3.53. The van der Waals surface area contributed by atoms with E-state index < -0.39 is 0 Å². The number of hydrogen-bond donors (Lipinski definition) is 1. The molecule has 106 valence electrons. The maximum absolute atomic E-state index is 12.4. The molecule has 4 heteroatoms. The van der Waals surface area contributed by atoms with Crippen molar-refractivity contribution in [1.82, 2.24) is 4.90 Å². The molecule has 1 amide bonds. The standard InChI is InChI=1S/C16H20N2O2/c1-11(13-5-4-6-15(17)9-13)16(19)18(3)10-14-7-8-20-12(14)2/h4-9,11H,10,17H2,1-3H3. The number of nitrogens with zero attached hydrogens (tertiary/aromatic N) is 1. The number of amides is 1. The molecule has 1 heterocycles. The van der Waals surface area contributed by atoms with Crippen molar-refractivity contribution in [3.8, 4) is 0 Å². The Kier molecular flexibility index (Phi) is 4.13.